The molecule has 1 saturated heterocycles. The molecule has 96 valence electrons. The van der Waals surface area contributed by atoms with Gasteiger partial charge in [-0.2, -0.15) is 0 Å². The van der Waals surface area contributed by atoms with E-state index >= 15 is 0 Å². The Kier molecular flexibility index (Phi) is 4.23. The second-order valence-electron chi connectivity index (χ2n) is 5.53. The Labute approximate surface area is 109 Å². The Bertz CT molecular complexity index is 370. The Balaban J connectivity index is 1.95. The van der Waals surface area contributed by atoms with Gasteiger partial charge in [-0.3, -0.25) is 4.90 Å². The number of hydrogen-bond acceptors (Lipinski definition) is 3. The van der Waals surface area contributed by atoms with Gasteiger partial charge in [-0.25, -0.2) is 0 Å². The van der Waals surface area contributed by atoms with Gasteiger partial charge in [0.1, 0.15) is 0 Å². The Morgan fingerprint density at radius 3 is 2.82 bits per heavy atom. The van der Waals surface area contributed by atoms with Gasteiger partial charge >= 0.3 is 0 Å². The topological polar surface area (TPSA) is 29.3 Å². The van der Waals surface area contributed by atoms with Gasteiger partial charge in [0.2, 0.25) is 0 Å². The van der Waals surface area contributed by atoms with Crippen LogP contribution in [0.5, 0.6) is 0 Å². The van der Waals surface area contributed by atoms with Crippen LogP contribution in [0.25, 0.3) is 0 Å². The molecule has 17 heavy (non-hydrogen) atoms. The molecule has 2 nitrogen and oxygen atoms in total. The molecule has 2 heterocycles. The summed E-state index contributed by atoms with van der Waals surface area (Å²) in [6, 6.07) is 2.29. The lowest BCUT2D eigenvalue weighted by Gasteiger charge is -2.17. The van der Waals surface area contributed by atoms with Crippen LogP contribution in [0, 0.1) is 18.8 Å². The molecular formula is C14H24N2S. The van der Waals surface area contributed by atoms with Gasteiger partial charge in [0.15, 0.2) is 0 Å². The summed E-state index contributed by atoms with van der Waals surface area (Å²) in [5, 5.41) is 0. The molecule has 1 aliphatic rings. The molecule has 1 fully saturated rings. The molecule has 1 aliphatic heterocycles. The SMILES string of the molecule is Cc1sc(CN)cc1CN1CCC(C(C)C)C1. The number of likely N-dealkylation sites (tertiary alicyclic amines) is 1. The monoisotopic (exact) mass is 252 g/mol. The summed E-state index contributed by atoms with van der Waals surface area (Å²) in [7, 11) is 0. The van der Waals surface area contributed by atoms with E-state index in [1.807, 2.05) is 11.3 Å². The molecule has 3 heteroatoms. The van der Waals surface area contributed by atoms with Crippen molar-refractivity contribution in [2.45, 2.75) is 40.3 Å². The smallest absolute Gasteiger partial charge is 0.0274 e. The molecule has 0 aliphatic carbocycles. The van der Waals surface area contributed by atoms with Crippen molar-refractivity contribution in [3.63, 3.8) is 0 Å². The first kappa shape index (κ1) is 13.1. The summed E-state index contributed by atoms with van der Waals surface area (Å²) in [5.41, 5.74) is 7.18. The van der Waals surface area contributed by atoms with Crippen LogP contribution in [0.15, 0.2) is 6.07 Å². The maximum Gasteiger partial charge on any atom is 0.0274 e. The number of hydrogen-bond donors (Lipinski definition) is 1. The summed E-state index contributed by atoms with van der Waals surface area (Å²) < 4.78 is 0. The van der Waals surface area contributed by atoms with Crippen LogP contribution in [0.3, 0.4) is 0 Å². The van der Waals surface area contributed by atoms with Crippen LogP contribution in [0.2, 0.25) is 0 Å². The minimum Gasteiger partial charge on any atom is -0.326 e. The van der Waals surface area contributed by atoms with E-state index in [-0.39, 0.29) is 0 Å². The minimum atomic E-state index is 0.681. The molecule has 2 rings (SSSR count). The summed E-state index contributed by atoms with van der Waals surface area (Å²) >= 11 is 1.85. The van der Waals surface area contributed by atoms with Crippen molar-refractivity contribution >= 4 is 11.3 Å². The molecule has 0 spiro atoms. The number of rotatable bonds is 4. The van der Waals surface area contributed by atoms with E-state index in [1.54, 1.807) is 0 Å². The summed E-state index contributed by atoms with van der Waals surface area (Å²) in [4.78, 5) is 5.36. The van der Waals surface area contributed by atoms with Crippen LogP contribution >= 0.6 is 11.3 Å². The zero-order chi connectivity index (χ0) is 12.4. The lowest BCUT2D eigenvalue weighted by molar-refractivity contribution is 0.296. The van der Waals surface area contributed by atoms with Crippen LogP contribution in [0.1, 0.15) is 35.6 Å². The number of aryl methyl sites for hydroxylation is 1. The Hall–Kier alpha value is -0.380. The second kappa shape index (κ2) is 5.51. The van der Waals surface area contributed by atoms with Crippen molar-refractivity contribution in [1.82, 2.24) is 4.90 Å². The third kappa shape index (κ3) is 3.09. The van der Waals surface area contributed by atoms with E-state index in [9.17, 15) is 0 Å². The summed E-state index contributed by atoms with van der Waals surface area (Å²) in [6.07, 6.45) is 1.37. The average molecular weight is 252 g/mol. The third-order valence-corrected chi connectivity index (χ3v) is 5.03. The predicted molar refractivity (Wildman–Crippen MR) is 75.2 cm³/mol. The van der Waals surface area contributed by atoms with Gasteiger partial charge in [-0.05, 0) is 43.4 Å². The van der Waals surface area contributed by atoms with Gasteiger partial charge in [0.25, 0.3) is 0 Å². The van der Waals surface area contributed by atoms with Crippen LogP contribution in [0.4, 0.5) is 0 Å². The van der Waals surface area contributed by atoms with E-state index in [0.717, 1.165) is 18.4 Å². The van der Waals surface area contributed by atoms with E-state index in [4.69, 9.17) is 5.73 Å². The fraction of sp³-hybridized carbons (Fsp3) is 0.714. The normalized spacial score (nSPS) is 21.6. The largest absolute Gasteiger partial charge is 0.326 e. The first-order valence-corrected chi connectivity index (χ1v) is 7.42. The van der Waals surface area contributed by atoms with Gasteiger partial charge in [-0.1, -0.05) is 13.8 Å². The zero-order valence-corrected chi connectivity index (χ0v) is 12.0. The highest BCUT2D eigenvalue weighted by Gasteiger charge is 2.25. The van der Waals surface area contributed by atoms with Crippen molar-refractivity contribution in [3.8, 4) is 0 Å². The number of nitrogens with zero attached hydrogens (tertiary/aromatic N) is 1. The minimum absolute atomic E-state index is 0.681. The highest BCUT2D eigenvalue weighted by Crippen LogP contribution is 2.28. The Morgan fingerprint density at radius 2 is 2.29 bits per heavy atom. The van der Waals surface area contributed by atoms with E-state index < -0.39 is 0 Å². The first-order chi connectivity index (χ1) is 8.10. The van der Waals surface area contributed by atoms with Crippen molar-refractivity contribution in [2.75, 3.05) is 13.1 Å². The first-order valence-electron chi connectivity index (χ1n) is 6.60. The molecule has 0 radical (unpaired) electrons. The molecule has 1 aromatic heterocycles. The predicted octanol–water partition coefficient (Wildman–Crippen LogP) is 2.99. The van der Waals surface area contributed by atoms with Crippen LogP contribution in [-0.4, -0.2) is 18.0 Å². The lowest BCUT2D eigenvalue weighted by atomic mass is 9.95. The maximum atomic E-state index is 5.70. The number of nitrogens with two attached hydrogens (primary N) is 1. The van der Waals surface area contributed by atoms with E-state index in [1.165, 1.54) is 34.8 Å². The summed E-state index contributed by atoms with van der Waals surface area (Å²) in [5.74, 6) is 1.71. The molecule has 1 atom stereocenters. The van der Waals surface area contributed by atoms with E-state index in [0.29, 0.717) is 6.54 Å². The van der Waals surface area contributed by atoms with Gasteiger partial charge in [0, 0.05) is 29.4 Å². The molecule has 0 amide bonds. The second-order valence-corrected chi connectivity index (χ2v) is 6.87. The van der Waals surface area contributed by atoms with Gasteiger partial charge in [0.05, 0.1) is 0 Å². The van der Waals surface area contributed by atoms with Crippen LogP contribution in [-0.2, 0) is 13.1 Å². The molecule has 1 aromatic rings. The zero-order valence-electron chi connectivity index (χ0n) is 11.2. The molecule has 0 bridgehead atoms. The van der Waals surface area contributed by atoms with Gasteiger partial charge < -0.3 is 5.73 Å². The summed E-state index contributed by atoms with van der Waals surface area (Å²) in [6.45, 7) is 11.2. The lowest BCUT2D eigenvalue weighted by Crippen LogP contribution is -2.21. The molecular weight excluding hydrogens is 228 g/mol. The van der Waals surface area contributed by atoms with Gasteiger partial charge in [-0.15, -0.1) is 11.3 Å². The molecule has 2 N–H and O–H groups in total. The average Bonchev–Trinajstić information content (AvgIpc) is 2.87. The molecule has 1 unspecified atom stereocenters. The number of thiophene rings is 1. The highest BCUT2D eigenvalue weighted by molar-refractivity contribution is 7.12. The highest BCUT2D eigenvalue weighted by atomic mass is 32.1. The third-order valence-electron chi connectivity index (χ3n) is 3.92. The van der Waals surface area contributed by atoms with E-state index in [2.05, 4.69) is 31.7 Å². The van der Waals surface area contributed by atoms with Crippen molar-refractivity contribution in [3.05, 3.63) is 21.4 Å². The quantitative estimate of drug-likeness (QED) is 0.892. The fourth-order valence-electron chi connectivity index (χ4n) is 2.64. The standard InChI is InChI=1S/C14H24N2S/c1-10(2)12-4-5-16(8-12)9-13-6-14(7-15)17-11(13)3/h6,10,12H,4-5,7-9,15H2,1-3H3. The van der Waals surface area contributed by atoms with Crippen molar-refractivity contribution in [1.29, 1.82) is 0 Å². The van der Waals surface area contributed by atoms with Crippen molar-refractivity contribution < 1.29 is 0 Å². The fourth-order valence-corrected chi connectivity index (χ4v) is 3.57. The maximum absolute atomic E-state index is 5.70. The van der Waals surface area contributed by atoms with Crippen LogP contribution < -0.4 is 5.73 Å². The van der Waals surface area contributed by atoms with Crippen molar-refractivity contribution in [2.24, 2.45) is 17.6 Å². The Morgan fingerprint density at radius 1 is 1.53 bits per heavy atom. The molecule has 0 aromatic carbocycles. The molecule has 0 saturated carbocycles.